The van der Waals surface area contributed by atoms with E-state index in [1.807, 2.05) is 0 Å². The first kappa shape index (κ1) is 18.0. The van der Waals surface area contributed by atoms with Gasteiger partial charge in [-0.05, 0) is 37.0 Å². The summed E-state index contributed by atoms with van der Waals surface area (Å²) in [6, 6.07) is 7.44. The Bertz CT molecular complexity index is 408. The zero-order valence-corrected chi connectivity index (χ0v) is 14.9. The van der Waals surface area contributed by atoms with Crippen LogP contribution >= 0.6 is 0 Å². The number of anilines is 1. The molecule has 0 aliphatic heterocycles. The van der Waals surface area contributed by atoms with Gasteiger partial charge in [-0.3, -0.25) is 0 Å². The van der Waals surface area contributed by atoms with Crippen molar-refractivity contribution in [1.82, 2.24) is 5.32 Å². The fourth-order valence-electron chi connectivity index (χ4n) is 2.76. The largest absolute Gasteiger partial charge is 0.371 e. The molecule has 0 atom stereocenters. The third kappa shape index (κ3) is 5.70. The standard InChI is InChI=1S/C19H34N2/c1-7-17(8-2)14-21(9-3)19-11-10-18(12-16(19)6)13-20-15(4)5/h10-12,15,17,20H,7-9,13-14H2,1-6H3. The van der Waals surface area contributed by atoms with Crippen molar-refractivity contribution in [2.24, 2.45) is 5.92 Å². The van der Waals surface area contributed by atoms with Gasteiger partial charge in [0.25, 0.3) is 0 Å². The van der Waals surface area contributed by atoms with E-state index in [0.29, 0.717) is 6.04 Å². The molecule has 0 fully saturated rings. The lowest BCUT2D eigenvalue weighted by Gasteiger charge is -2.29. The molecule has 0 unspecified atom stereocenters. The minimum atomic E-state index is 0.534. The number of hydrogen-bond donors (Lipinski definition) is 1. The monoisotopic (exact) mass is 290 g/mol. The maximum Gasteiger partial charge on any atom is 0.0396 e. The van der Waals surface area contributed by atoms with E-state index in [4.69, 9.17) is 0 Å². The van der Waals surface area contributed by atoms with Crippen LogP contribution < -0.4 is 10.2 Å². The molecule has 2 heteroatoms. The van der Waals surface area contributed by atoms with Crippen LogP contribution in [0.4, 0.5) is 5.69 Å². The van der Waals surface area contributed by atoms with Crippen molar-refractivity contribution in [2.75, 3.05) is 18.0 Å². The Balaban J connectivity index is 2.80. The first-order valence-corrected chi connectivity index (χ1v) is 8.59. The number of nitrogens with one attached hydrogen (secondary N) is 1. The average Bonchev–Trinajstić information content (AvgIpc) is 2.47. The number of rotatable bonds is 9. The van der Waals surface area contributed by atoms with Crippen LogP contribution in [-0.2, 0) is 6.54 Å². The molecular weight excluding hydrogens is 256 g/mol. The summed E-state index contributed by atoms with van der Waals surface area (Å²) >= 11 is 0. The van der Waals surface area contributed by atoms with Gasteiger partial charge in [0, 0.05) is 31.4 Å². The van der Waals surface area contributed by atoms with E-state index in [1.54, 1.807) is 0 Å². The molecule has 1 rings (SSSR count). The number of hydrogen-bond acceptors (Lipinski definition) is 2. The number of aryl methyl sites for hydroxylation is 1. The summed E-state index contributed by atoms with van der Waals surface area (Å²) in [4.78, 5) is 2.53. The van der Waals surface area contributed by atoms with Gasteiger partial charge in [-0.1, -0.05) is 52.7 Å². The van der Waals surface area contributed by atoms with Gasteiger partial charge >= 0.3 is 0 Å². The van der Waals surface area contributed by atoms with E-state index in [2.05, 4.69) is 70.0 Å². The normalized spacial score (nSPS) is 11.4. The SMILES string of the molecule is CCC(CC)CN(CC)c1ccc(CNC(C)C)cc1C. The van der Waals surface area contributed by atoms with Crippen LogP contribution in [0.2, 0.25) is 0 Å². The summed E-state index contributed by atoms with van der Waals surface area (Å²) in [5, 5.41) is 3.49. The van der Waals surface area contributed by atoms with E-state index < -0.39 is 0 Å². The Labute approximate surface area is 131 Å². The van der Waals surface area contributed by atoms with Crippen molar-refractivity contribution in [3.05, 3.63) is 29.3 Å². The van der Waals surface area contributed by atoms with Gasteiger partial charge in [-0.15, -0.1) is 0 Å². The minimum Gasteiger partial charge on any atom is -0.371 e. The smallest absolute Gasteiger partial charge is 0.0396 e. The topological polar surface area (TPSA) is 15.3 Å². The Hall–Kier alpha value is -1.02. The van der Waals surface area contributed by atoms with Crippen LogP contribution in [0.25, 0.3) is 0 Å². The molecule has 1 N–H and O–H groups in total. The minimum absolute atomic E-state index is 0.534. The molecule has 0 aliphatic rings. The Morgan fingerprint density at radius 1 is 1.10 bits per heavy atom. The van der Waals surface area contributed by atoms with Crippen molar-refractivity contribution in [1.29, 1.82) is 0 Å². The predicted octanol–water partition coefficient (Wildman–Crippen LogP) is 4.76. The summed E-state index contributed by atoms with van der Waals surface area (Å²) in [6.45, 7) is 16.7. The van der Waals surface area contributed by atoms with Crippen LogP contribution in [0.5, 0.6) is 0 Å². The van der Waals surface area contributed by atoms with Crippen LogP contribution in [-0.4, -0.2) is 19.1 Å². The van der Waals surface area contributed by atoms with Gasteiger partial charge in [0.1, 0.15) is 0 Å². The molecular formula is C19H34N2. The molecule has 0 heterocycles. The van der Waals surface area contributed by atoms with Gasteiger partial charge in [-0.25, -0.2) is 0 Å². The highest BCUT2D eigenvalue weighted by Gasteiger charge is 2.12. The second-order valence-electron chi connectivity index (χ2n) is 6.38. The second-order valence-corrected chi connectivity index (χ2v) is 6.38. The molecule has 0 amide bonds. The van der Waals surface area contributed by atoms with E-state index in [9.17, 15) is 0 Å². The summed E-state index contributed by atoms with van der Waals surface area (Å²) in [5.74, 6) is 0.798. The molecule has 0 bridgehead atoms. The third-order valence-electron chi connectivity index (χ3n) is 4.33. The van der Waals surface area contributed by atoms with Crippen LogP contribution in [0.15, 0.2) is 18.2 Å². The van der Waals surface area contributed by atoms with Gasteiger partial charge < -0.3 is 10.2 Å². The number of nitrogens with zero attached hydrogens (tertiary/aromatic N) is 1. The Kier molecular flexibility index (Phi) is 7.81. The van der Waals surface area contributed by atoms with Gasteiger partial charge in [-0.2, -0.15) is 0 Å². The van der Waals surface area contributed by atoms with E-state index in [0.717, 1.165) is 19.0 Å². The van der Waals surface area contributed by atoms with Crippen molar-refractivity contribution >= 4 is 5.69 Å². The molecule has 0 saturated heterocycles. The molecule has 0 radical (unpaired) electrons. The van der Waals surface area contributed by atoms with Crippen molar-refractivity contribution in [3.8, 4) is 0 Å². The fraction of sp³-hybridized carbons (Fsp3) is 0.684. The predicted molar refractivity (Wildman–Crippen MR) is 95.1 cm³/mol. The lowest BCUT2D eigenvalue weighted by atomic mass is 10.0. The van der Waals surface area contributed by atoms with Crippen LogP contribution in [0.1, 0.15) is 58.6 Å². The zero-order chi connectivity index (χ0) is 15.8. The third-order valence-corrected chi connectivity index (χ3v) is 4.33. The summed E-state index contributed by atoms with van der Waals surface area (Å²) in [6.07, 6.45) is 2.53. The fourth-order valence-corrected chi connectivity index (χ4v) is 2.76. The van der Waals surface area contributed by atoms with E-state index in [-0.39, 0.29) is 0 Å². The lowest BCUT2D eigenvalue weighted by Crippen LogP contribution is -2.29. The maximum absolute atomic E-state index is 3.49. The quantitative estimate of drug-likeness (QED) is 0.705. The van der Waals surface area contributed by atoms with Crippen molar-refractivity contribution in [2.45, 2.75) is 67.0 Å². The molecule has 21 heavy (non-hydrogen) atoms. The van der Waals surface area contributed by atoms with Crippen molar-refractivity contribution < 1.29 is 0 Å². The molecule has 1 aromatic carbocycles. The first-order chi connectivity index (χ1) is 10.0. The van der Waals surface area contributed by atoms with Crippen LogP contribution in [0.3, 0.4) is 0 Å². The second kappa shape index (κ2) is 9.09. The summed E-state index contributed by atoms with van der Waals surface area (Å²) < 4.78 is 0. The van der Waals surface area contributed by atoms with E-state index >= 15 is 0 Å². The van der Waals surface area contributed by atoms with Crippen molar-refractivity contribution in [3.63, 3.8) is 0 Å². The molecule has 120 valence electrons. The van der Waals surface area contributed by atoms with Gasteiger partial charge in [0.15, 0.2) is 0 Å². The Morgan fingerprint density at radius 3 is 2.24 bits per heavy atom. The molecule has 2 nitrogen and oxygen atoms in total. The molecule has 0 aromatic heterocycles. The highest BCUT2D eigenvalue weighted by Crippen LogP contribution is 2.23. The summed E-state index contributed by atoms with van der Waals surface area (Å²) in [5.41, 5.74) is 4.17. The zero-order valence-electron chi connectivity index (χ0n) is 14.9. The highest BCUT2D eigenvalue weighted by atomic mass is 15.1. The van der Waals surface area contributed by atoms with Gasteiger partial charge in [0.05, 0.1) is 0 Å². The first-order valence-electron chi connectivity index (χ1n) is 8.59. The molecule has 0 aliphatic carbocycles. The maximum atomic E-state index is 3.49. The van der Waals surface area contributed by atoms with Crippen LogP contribution in [0, 0.1) is 12.8 Å². The van der Waals surface area contributed by atoms with E-state index in [1.165, 1.54) is 36.2 Å². The lowest BCUT2D eigenvalue weighted by molar-refractivity contribution is 0.486. The Morgan fingerprint density at radius 2 is 1.76 bits per heavy atom. The summed E-state index contributed by atoms with van der Waals surface area (Å²) in [7, 11) is 0. The number of benzene rings is 1. The highest BCUT2D eigenvalue weighted by molar-refractivity contribution is 5.54. The molecule has 0 saturated carbocycles. The average molecular weight is 290 g/mol. The van der Waals surface area contributed by atoms with Gasteiger partial charge in [0.2, 0.25) is 0 Å². The molecule has 1 aromatic rings. The molecule has 0 spiro atoms.